The molecule has 0 radical (unpaired) electrons. The zero-order valence-corrected chi connectivity index (χ0v) is 16.3. The van der Waals surface area contributed by atoms with Crippen LogP contribution >= 0.6 is 23.8 Å². The number of carbonyl (C=O) groups is 1. The Bertz CT molecular complexity index is 1100. The molecule has 3 aromatic rings. The molecule has 0 atom stereocenters. The number of ether oxygens (including phenoxy) is 1. The molecule has 8 nitrogen and oxygen atoms in total. The van der Waals surface area contributed by atoms with Gasteiger partial charge in [0.1, 0.15) is 12.3 Å². The third-order valence-corrected chi connectivity index (χ3v) is 4.22. The van der Waals surface area contributed by atoms with Crippen LogP contribution in [0.3, 0.4) is 0 Å². The fourth-order valence-corrected chi connectivity index (χ4v) is 2.95. The molecular weight excluding hydrogens is 402 g/mol. The molecule has 0 saturated carbocycles. The number of fused-ring (bicyclic) bond motifs is 1. The van der Waals surface area contributed by atoms with E-state index in [9.17, 15) is 9.90 Å². The monoisotopic (exact) mass is 417 g/mol. The second-order valence-electron chi connectivity index (χ2n) is 5.71. The van der Waals surface area contributed by atoms with E-state index in [1.165, 1.54) is 11.7 Å². The van der Waals surface area contributed by atoms with Crippen LogP contribution < -0.4 is 15.8 Å². The van der Waals surface area contributed by atoms with Crippen LogP contribution in [0.5, 0.6) is 11.6 Å². The lowest BCUT2D eigenvalue weighted by Crippen LogP contribution is -2.18. The van der Waals surface area contributed by atoms with Gasteiger partial charge in [-0.1, -0.05) is 23.7 Å². The summed E-state index contributed by atoms with van der Waals surface area (Å²) in [4.78, 5) is 12.6. The normalized spacial score (nSPS) is 11.1. The number of anilines is 1. The molecule has 0 bridgehead atoms. The summed E-state index contributed by atoms with van der Waals surface area (Å²) in [6, 6.07) is 11.9. The van der Waals surface area contributed by atoms with Crippen LogP contribution in [-0.4, -0.2) is 27.8 Å². The topological polar surface area (TPSA) is 114 Å². The van der Waals surface area contributed by atoms with Crippen molar-refractivity contribution in [2.75, 3.05) is 12.4 Å². The van der Waals surface area contributed by atoms with E-state index >= 15 is 0 Å². The minimum absolute atomic E-state index is 0.121. The fourth-order valence-electron chi connectivity index (χ4n) is 2.73. The SMILES string of the molecule is COc1ccccc1NC(=O)Cn1c(O)c(N=NC(N)=S)c2cc(Cl)ccc21. The first-order chi connectivity index (χ1) is 13.4. The number of hydrogen-bond donors (Lipinski definition) is 3. The predicted molar refractivity (Wildman–Crippen MR) is 112 cm³/mol. The number of nitrogens with one attached hydrogen (secondary N) is 1. The average Bonchev–Trinajstić information content (AvgIpc) is 2.91. The predicted octanol–water partition coefficient (Wildman–Crippen LogP) is 3.97. The van der Waals surface area contributed by atoms with E-state index in [0.717, 1.165) is 0 Å². The Balaban J connectivity index is 1.97. The van der Waals surface area contributed by atoms with Crippen molar-refractivity contribution >= 4 is 57.1 Å². The number of benzene rings is 2. The van der Waals surface area contributed by atoms with E-state index in [2.05, 4.69) is 27.8 Å². The molecule has 1 aromatic heterocycles. The molecule has 0 fully saturated rings. The molecule has 0 spiro atoms. The van der Waals surface area contributed by atoms with Crippen molar-refractivity contribution in [2.24, 2.45) is 16.0 Å². The van der Waals surface area contributed by atoms with Gasteiger partial charge >= 0.3 is 0 Å². The highest BCUT2D eigenvalue weighted by molar-refractivity contribution is 7.80. The van der Waals surface area contributed by atoms with Gasteiger partial charge in [0, 0.05) is 10.4 Å². The molecule has 1 heterocycles. The molecule has 2 aromatic carbocycles. The summed E-state index contributed by atoms with van der Waals surface area (Å²) in [7, 11) is 1.51. The quantitative estimate of drug-likeness (QED) is 0.429. The third kappa shape index (κ3) is 4.05. The number of aromatic hydroxyl groups is 1. The number of nitrogens with two attached hydrogens (primary N) is 1. The smallest absolute Gasteiger partial charge is 0.244 e. The summed E-state index contributed by atoms with van der Waals surface area (Å²) in [6.07, 6.45) is 0. The second-order valence-corrected chi connectivity index (χ2v) is 6.56. The highest BCUT2D eigenvalue weighted by atomic mass is 35.5. The van der Waals surface area contributed by atoms with Crippen molar-refractivity contribution in [3.63, 3.8) is 0 Å². The summed E-state index contributed by atoms with van der Waals surface area (Å²) < 4.78 is 6.62. The van der Waals surface area contributed by atoms with Gasteiger partial charge in [-0.25, -0.2) is 0 Å². The van der Waals surface area contributed by atoms with Crippen LogP contribution in [0.15, 0.2) is 52.7 Å². The number of aromatic nitrogens is 1. The zero-order chi connectivity index (χ0) is 20.3. The van der Waals surface area contributed by atoms with Crippen LogP contribution in [0.4, 0.5) is 11.4 Å². The average molecular weight is 418 g/mol. The highest BCUT2D eigenvalue weighted by Gasteiger charge is 2.19. The van der Waals surface area contributed by atoms with Crippen LogP contribution in [0, 0.1) is 0 Å². The van der Waals surface area contributed by atoms with Gasteiger partial charge in [-0.3, -0.25) is 4.79 Å². The van der Waals surface area contributed by atoms with Gasteiger partial charge < -0.3 is 25.5 Å². The standard InChI is InChI=1S/C18H16ClN5O3S/c1-27-14-5-3-2-4-12(14)21-15(25)9-24-13-7-6-10(19)8-11(13)16(17(24)26)22-23-18(20)28/h2-8,26H,9H2,1H3,(H2,20,28)(H,21,25). The molecule has 144 valence electrons. The van der Waals surface area contributed by atoms with Crippen molar-refractivity contribution in [3.05, 3.63) is 47.5 Å². The molecule has 3 rings (SSSR count). The number of carbonyl (C=O) groups excluding carboxylic acids is 1. The number of hydrogen-bond acceptors (Lipinski definition) is 5. The van der Waals surface area contributed by atoms with E-state index < -0.39 is 0 Å². The first kappa shape index (κ1) is 19.6. The first-order valence-corrected chi connectivity index (χ1v) is 8.84. The Morgan fingerprint density at radius 2 is 2.11 bits per heavy atom. The molecule has 0 aliphatic heterocycles. The maximum atomic E-state index is 12.6. The number of nitrogens with zero attached hydrogens (tertiary/aromatic N) is 3. The van der Waals surface area contributed by atoms with Crippen molar-refractivity contribution < 1.29 is 14.6 Å². The van der Waals surface area contributed by atoms with Crippen LogP contribution in [0.25, 0.3) is 10.9 Å². The van der Waals surface area contributed by atoms with E-state index in [0.29, 0.717) is 27.4 Å². The Labute approximate surface area is 170 Å². The summed E-state index contributed by atoms with van der Waals surface area (Å²) in [5.41, 5.74) is 6.53. The van der Waals surface area contributed by atoms with Gasteiger partial charge in [-0.2, -0.15) is 0 Å². The number of halogens is 1. The molecule has 28 heavy (non-hydrogen) atoms. The van der Waals surface area contributed by atoms with E-state index in [1.54, 1.807) is 42.5 Å². The largest absolute Gasteiger partial charge is 0.495 e. The summed E-state index contributed by atoms with van der Waals surface area (Å²) in [6.45, 7) is -0.176. The summed E-state index contributed by atoms with van der Waals surface area (Å²) in [5, 5.41) is 21.6. The molecule has 0 aliphatic rings. The lowest BCUT2D eigenvalue weighted by molar-refractivity contribution is -0.116. The number of amides is 1. The van der Waals surface area contributed by atoms with Crippen molar-refractivity contribution in [3.8, 4) is 11.6 Å². The van der Waals surface area contributed by atoms with E-state index in [4.69, 9.17) is 22.1 Å². The Kier molecular flexibility index (Phi) is 5.76. The second kappa shape index (κ2) is 8.24. The van der Waals surface area contributed by atoms with Gasteiger partial charge in [0.2, 0.25) is 16.9 Å². The van der Waals surface area contributed by atoms with E-state index in [1.807, 2.05) is 0 Å². The molecule has 4 N–H and O–H groups in total. The lowest BCUT2D eigenvalue weighted by Gasteiger charge is -2.11. The Morgan fingerprint density at radius 1 is 1.36 bits per heavy atom. The maximum Gasteiger partial charge on any atom is 0.244 e. The minimum atomic E-state index is -0.371. The van der Waals surface area contributed by atoms with Crippen molar-refractivity contribution in [1.29, 1.82) is 0 Å². The highest BCUT2D eigenvalue weighted by Crippen LogP contribution is 2.40. The minimum Gasteiger partial charge on any atom is -0.495 e. The van der Waals surface area contributed by atoms with Gasteiger partial charge in [0.05, 0.1) is 18.3 Å². The number of thiocarbonyl (C=S) groups is 1. The van der Waals surface area contributed by atoms with Gasteiger partial charge in [-0.05, 0) is 42.5 Å². The van der Waals surface area contributed by atoms with Gasteiger partial charge in [0.25, 0.3) is 0 Å². The molecular formula is C18H16ClN5O3S. The number of para-hydroxylation sites is 2. The lowest BCUT2D eigenvalue weighted by atomic mass is 10.2. The third-order valence-electron chi connectivity index (χ3n) is 3.90. The fraction of sp³-hybridized carbons (Fsp3) is 0.111. The number of methoxy groups -OCH3 is 1. The van der Waals surface area contributed by atoms with Crippen LogP contribution in [0.1, 0.15) is 0 Å². The molecule has 0 aliphatic carbocycles. The molecule has 10 heteroatoms. The van der Waals surface area contributed by atoms with Gasteiger partial charge in [0.15, 0.2) is 5.69 Å². The Hall–Kier alpha value is -3.17. The Morgan fingerprint density at radius 3 is 2.82 bits per heavy atom. The maximum absolute atomic E-state index is 12.6. The molecule has 0 unspecified atom stereocenters. The van der Waals surface area contributed by atoms with Crippen molar-refractivity contribution in [1.82, 2.24) is 4.57 Å². The van der Waals surface area contributed by atoms with Crippen molar-refractivity contribution in [2.45, 2.75) is 6.54 Å². The summed E-state index contributed by atoms with van der Waals surface area (Å²) >= 11 is 10.7. The van der Waals surface area contributed by atoms with E-state index in [-0.39, 0.29) is 29.1 Å². The zero-order valence-electron chi connectivity index (χ0n) is 14.7. The van der Waals surface area contributed by atoms with Gasteiger partial charge in [-0.15, -0.1) is 10.2 Å². The number of azo groups is 1. The molecule has 0 saturated heterocycles. The number of rotatable bonds is 5. The first-order valence-electron chi connectivity index (χ1n) is 8.05. The van der Waals surface area contributed by atoms with Crippen LogP contribution in [-0.2, 0) is 11.3 Å². The molecule has 1 amide bonds. The summed E-state index contributed by atoms with van der Waals surface area (Å²) in [5.74, 6) is -0.105. The van der Waals surface area contributed by atoms with Crippen LogP contribution in [0.2, 0.25) is 5.02 Å².